The maximum atomic E-state index is 11.4. The van der Waals surface area contributed by atoms with Crippen molar-refractivity contribution in [1.82, 2.24) is 20.2 Å². The van der Waals surface area contributed by atoms with Crippen LogP contribution in [0.5, 0.6) is 5.75 Å². The van der Waals surface area contributed by atoms with Gasteiger partial charge in [-0.2, -0.15) is 4.68 Å². The fraction of sp³-hybridized carbons (Fsp3) is 0.364. The van der Waals surface area contributed by atoms with Crippen LogP contribution >= 0.6 is 10.7 Å². The second kappa shape index (κ2) is 4.71. The second-order valence-corrected chi connectivity index (χ2v) is 7.06. The summed E-state index contributed by atoms with van der Waals surface area (Å²) in [4.78, 5) is -0.0211. The Labute approximate surface area is 119 Å². The van der Waals surface area contributed by atoms with Crippen molar-refractivity contribution in [2.45, 2.75) is 23.7 Å². The number of tetrazole rings is 1. The first kappa shape index (κ1) is 13.3. The molecule has 0 amide bonds. The van der Waals surface area contributed by atoms with E-state index in [1.54, 1.807) is 0 Å². The minimum atomic E-state index is -3.82. The fourth-order valence-electron chi connectivity index (χ4n) is 1.95. The van der Waals surface area contributed by atoms with Gasteiger partial charge < -0.3 is 4.74 Å². The lowest BCUT2D eigenvalue weighted by atomic mass is 10.3. The summed E-state index contributed by atoms with van der Waals surface area (Å²) in [7, 11) is 3.04. The Bertz CT molecular complexity index is 755. The lowest BCUT2D eigenvalue weighted by Crippen LogP contribution is -2.06. The van der Waals surface area contributed by atoms with Gasteiger partial charge in [0.05, 0.1) is 12.0 Å². The van der Waals surface area contributed by atoms with Crippen LogP contribution in [-0.4, -0.2) is 35.7 Å². The summed E-state index contributed by atoms with van der Waals surface area (Å²) in [6.45, 7) is 0. The molecule has 1 saturated carbocycles. The summed E-state index contributed by atoms with van der Waals surface area (Å²) in [5, 5.41) is 11.6. The molecule has 7 nitrogen and oxygen atoms in total. The molecule has 1 fully saturated rings. The fourth-order valence-corrected chi connectivity index (χ4v) is 2.72. The molecule has 0 bridgehead atoms. The third kappa shape index (κ3) is 2.36. The van der Waals surface area contributed by atoms with E-state index in [0.717, 1.165) is 12.8 Å². The Kier molecular flexibility index (Phi) is 3.14. The van der Waals surface area contributed by atoms with Crippen molar-refractivity contribution in [2.75, 3.05) is 7.11 Å². The monoisotopic (exact) mass is 314 g/mol. The Morgan fingerprint density at radius 3 is 2.75 bits per heavy atom. The average molecular weight is 315 g/mol. The van der Waals surface area contributed by atoms with E-state index in [9.17, 15) is 8.42 Å². The van der Waals surface area contributed by atoms with Gasteiger partial charge >= 0.3 is 0 Å². The van der Waals surface area contributed by atoms with Crippen LogP contribution in [0.2, 0.25) is 0 Å². The predicted octanol–water partition coefficient (Wildman–Crippen LogP) is 1.48. The van der Waals surface area contributed by atoms with Gasteiger partial charge in [-0.05, 0) is 41.5 Å². The summed E-state index contributed by atoms with van der Waals surface area (Å²) >= 11 is 0. The minimum absolute atomic E-state index is 0.0211. The zero-order chi connectivity index (χ0) is 14.3. The molecular weight excluding hydrogens is 304 g/mol. The predicted molar refractivity (Wildman–Crippen MR) is 70.7 cm³/mol. The van der Waals surface area contributed by atoms with Crippen molar-refractivity contribution >= 4 is 19.7 Å². The molecule has 9 heteroatoms. The second-order valence-electron chi connectivity index (χ2n) is 4.49. The van der Waals surface area contributed by atoms with Crippen molar-refractivity contribution in [1.29, 1.82) is 0 Å². The first-order chi connectivity index (χ1) is 9.50. The third-order valence-corrected chi connectivity index (χ3v) is 4.45. The van der Waals surface area contributed by atoms with Gasteiger partial charge in [0.15, 0.2) is 5.82 Å². The molecule has 2 aromatic rings. The van der Waals surface area contributed by atoms with Crippen molar-refractivity contribution in [3.8, 4) is 11.4 Å². The maximum absolute atomic E-state index is 11.4. The summed E-state index contributed by atoms with van der Waals surface area (Å²) in [6, 6.07) is 4.32. The molecule has 106 valence electrons. The molecule has 1 aromatic carbocycles. The van der Waals surface area contributed by atoms with E-state index in [1.165, 1.54) is 30.0 Å². The van der Waals surface area contributed by atoms with E-state index in [4.69, 9.17) is 15.4 Å². The lowest BCUT2D eigenvalue weighted by molar-refractivity contribution is 0.410. The van der Waals surface area contributed by atoms with Crippen LogP contribution in [0.15, 0.2) is 23.1 Å². The quantitative estimate of drug-likeness (QED) is 0.794. The third-order valence-electron chi connectivity index (χ3n) is 3.10. The topological polar surface area (TPSA) is 87.0 Å². The van der Waals surface area contributed by atoms with Gasteiger partial charge in [0.1, 0.15) is 11.4 Å². The van der Waals surface area contributed by atoms with Crippen LogP contribution in [0.1, 0.15) is 24.6 Å². The van der Waals surface area contributed by atoms with Crippen LogP contribution in [0.25, 0.3) is 5.69 Å². The van der Waals surface area contributed by atoms with Gasteiger partial charge in [0.2, 0.25) is 0 Å². The summed E-state index contributed by atoms with van der Waals surface area (Å²) in [6.07, 6.45) is 2.05. The highest BCUT2D eigenvalue weighted by molar-refractivity contribution is 8.13. The Morgan fingerprint density at radius 2 is 2.15 bits per heavy atom. The van der Waals surface area contributed by atoms with E-state index in [1.807, 2.05) is 0 Å². The molecule has 0 spiro atoms. The Balaban J connectivity index is 2.17. The van der Waals surface area contributed by atoms with Crippen molar-refractivity contribution < 1.29 is 13.2 Å². The first-order valence-electron chi connectivity index (χ1n) is 5.92. The van der Waals surface area contributed by atoms with E-state index >= 15 is 0 Å². The Hall–Kier alpha value is -1.67. The molecule has 1 aliphatic rings. The number of hydrogen-bond donors (Lipinski definition) is 0. The molecule has 0 atom stereocenters. The normalized spacial score (nSPS) is 15.3. The minimum Gasteiger partial charge on any atom is -0.494 e. The average Bonchev–Trinajstić information content (AvgIpc) is 3.14. The molecule has 0 radical (unpaired) electrons. The highest BCUT2D eigenvalue weighted by Gasteiger charge is 2.31. The van der Waals surface area contributed by atoms with Gasteiger partial charge in [-0.15, -0.1) is 5.10 Å². The van der Waals surface area contributed by atoms with E-state index < -0.39 is 9.05 Å². The molecule has 1 heterocycles. The molecule has 1 aromatic heterocycles. The van der Waals surface area contributed by atoms with Gasteiger partial charge in [0, 0.05) is 16.6 Å². The number of nitrogens with zero attached hydrogens (tertiary/aromatic N) is 4. The zero-order valence-corrected chi connectivity index (χ0v) is 12.1. The smallest absolute Gasteiger partial charge is 0.261 e. The van der Waals surface area contributed by atoms with Gasteiger partial charge in [-0.1, -0.05) is 0 Å². The number of ether oxygens (including phenoxy) is 1. The highest BCUT2D eigenvalue weighted by atomic mass is 35.7. The van der Waals surface area contributed by atoms with Crippen LogP contribution in [-0.2, 0) is 9.05 Å². The summed E-state index contributed by atoms with van der Waals surface area (Å²) < 4.78 is 29.6. The standard InChI is InChI=1S/C11H11ClN4O3S/c1-19-10-5-4-8(20(12,17)18)6-9(10)16-11(7-2-3-7)13-14-15-16/h4-7H,2-3H2,1H3. The van der Waals surface area contributed by atoms with Crippen LogP contribution in [0, 0.1) is 0 Å². The number of hydrogen-bond acceptors (Lipinski definition) is 6. The highest BCUT2D eigenvalue weighted by Crippen LogP contribution is 2.40. The molecule has 1 aliphatic carbocycles. The lowest BCUT2D eigenvalue weighted by Gasteiger charge is -2.10. The number of halogens is 1. The van der Waals surface area contributed by atoms with Crippen molar-refractivity contribution in [3.05, 3.63) is 24.0 Å². The Morgan fingerprint density at radius 1 is 1.40 bits per heavy atom. The number of aromatic nitrogens is 4. The van der Waals surface area contributed by atoms with Crippen LogP contribution in [0.3, 0.4) is 0 Å². The summed E-state index contributed by atoms with van der Waals surface area (Å²) in [5.41, 5.74) is 0.459. The molecule has 20 heavy (non-hydrogen) atoms. The van der Waals surface area contributed by atoms with Crippen molar-refractivity contribution in [3.63, 3.8) is 0 Å². The van der Waals surface area contributed by atoms with Gasteiger partial charge in [0.25, 0.3) is 9.05 Å². The molecule has 0 unspecified atom stereocenters. The van der Waals surface area contributed by atoms with Gasteiger partial charge in [-0.3, -0.25) is 0 Å². The van der Waals surface area contributed by atoms with E-state index in [-0.39, 0.29) is 4.90 Å². The first-order valence-corrected chi connectivity index (χ1v) is 8.23. The van der Waals surface area contributed by atoms with Crippen LogP contribution in [0.4, 0.5) is 0 Å². The number of benzene rings is 1. The zero-order valence-electron chi connectivity index (χ0n) is 10.5. The molecule has 3 rings (SSSR count). The van der Waals surface area contributed by atoms with Crippen molar-refractivity contribution in [2.24, 2.45) is 0 Å². The van der Waals surface area contributed by atoms with E-state index in [0.29, 0.717) is 23.2 Å². The van der Waals surface area contributed by atoms with Gasteiger partial charge in [-0.25, -0.2) is 8.42 Å². The largest absolute Gasteiger partial charge is 0.494 e. The molecule has 0 N–H and O–H groups in total. The molecule has 0 aliphatic heterocycles. The maximum Gasteiger partial charge on any atom is 0.261 e. The molecule has 0 saturated heterocycles. The molecular formula is C11H11ClN4O3S. The van der Waals surface area contributed by atoms with Crippen LogP contribution < -0.4 is 4.74 Å². The number of methoxy groups -OCH3 is 1. The SMILES string of the molecule is COc1ccc(S(=O)(=O)Cl)cc1-n1nnnc1C1CC1. The number of rotatable bonds is 4. The summed E-state index contributed by atoms with van der Waals surface area (Å²) in [5.74, 6) is 1.49. The van der Waals surface area contributed by atoms with E-state index in [2.05, 4.69) is 15.5 Å².